The zero-order chi connectivity index (χ0) is 18.8. The Balaban J connectivity index is 1.77. The Morgan fingerprint density at radius 2 is 2.11 bits per heavy atom. The third-order valence-corrected chi connectivity index (χ3v) is 4.87. The molecule has 3 aromatic rings. The third kappa shape index (κ3) is 3.35. The normalized spacial score (nSPS) is 13.7. The number of pyridine rings is 1. The molecule has 6 nitrogen and oxygen atoms in total. The van der Waals surface area contributed by atoms with Gasteiger partial charge < -0.3 is 19.2 Å². The number of aryl methyl sites for hydroxylation is 1. The van der Waals surface area contributed by atoms with Gasteiger partial charge in [0.2, 0.25) is 12.7 Å². The lowest BCUT2D eigenvalue weighted by Crippen LogP contribution is -2.26. The number of ether oxygens (including phenoxy) is 2. The lowest BCUT2D eigenvalue weighted by Gasteiger charge is -2.18. The van der Waals surface area contributed by atoms with E-state index in [1.54, 1.807) is 0 Å². The van der Waals surface area contributed by atoms with E-state index in [1.807, 2.05) is 56.4 Å². The molecule has 2 aromatic heterocycles. The van der Waals surface area contributed by atoms with Crippen LogP contribution in [0, 0.1) is 6.92 Å². The van der Waals surface area contributed by atoms with Crippen LogP contribution in [-0.4, -0.2) is 28.6 Å². The molecule has 1 amide bonds. The summed E-state index contributed by atoms with van der Waals surface area (Å²) in [7, 11) is 0. The summed E-state index contributed by atoms with van der Waals surface area (Å²) in [4.78, 5) is 17.1. The van der Waals surface area contributed by atoms with Gasteiger partial charge in [0.25, 0.3) is 0 Å². The Morgan fingerprint density at radius 3 is 2.96 bits per heavy atom. The van der Waals surface area contributed by atoms with E-state index in [9.17, 15) is 4.79 Å². The first kappa shape index (κ1) is 17.4. The van der Waals surface area contributed by atoms with E-state index < -0.39 is 0 Å². The maximum atomic E-state index is 12.5. The molecule has 1 atom stereocenters. The van der Waals surface area contributed by atoms with Gasteiger partial charge in [0.1, 0.15) is 5.65 Å². The highest BCUT2D eigenvalue weighted by Crippen LogP contribution is 2.37. The van der Waals surface area contributed by atoms with Gasteiger partial charge in [0.15, 0.2) is 11.5 Å². The summed E-state index contributed by atoms with van der Waals surface area (Å²) in [6.07, 6.45) is 3.13. The monoisotopic (exact) mass is 365 g/mol. The van der Waals surface area contributed by atoms with E-state index in [1.165, 1.54) is 0 Å². The molecule has 1 aromatic carbocycles. The highest BCUT2D eigenvalue weighted by Gasteiger charge is 2.24. The number of fused-ring (bicyclic) bond motifs is 2. The smallest absolute Gasteiger partial charge is 0.231 e. The minimum atomic E-state index is -0.132. The Labute approximate surface area is 158 Å². The zero-order valence-electron chi connectivity index (χ0n) is 15.6. The van der Waals surface area contributed by atoms with E-state index in [2.05, 4.69) is 14.7 Å². The van der Waals surface area contributed by atoms with E-state index in [4.69, 9.17) is 9.47 Å². The van der Waals surface area contributed by atoms with Crippen molar-refractivity contribution in [2.75, 3.05) is 13.3 Å². The maximum Gasteiger partial charge on any atom is 0.231 e. The molecular weight excluding hydrogens is 342 g/mol. The summed E-state index contributed by atoms with van der Waals surface area (Å²) in [5, 5.41) is 2.98. The van der Waals surface area contributed by atoms with Gasteiger partial charge in [-0.15, -0.1) is 0 Å². The number of rotatable bonds is 6. The number of hydrogen-bond donors (Lipinski definition) is 1. The summed E-state index contributed by atoms with van der Waals surface area (Å²) in [6.45, 7) is 5.00. The van der Waals surface area contributed by atoms with Crippen molar-refractivity contribution in [2.45, 2.75) is 32.6 Å². The Kier molecular flexibility index (Phi) is 4.71. The number of hydrogen-bond acceptors (Lipinski definition) is 4. The molecule has 0 spiro atoms. The van der Waals surface area contributed by atoms with Gasteiger partial charge in [-0.1, -0.05) is 19.1 Å². The number of amides is 1. The van der Waals surface area contributed by atoms with Crippen molar-refractivity contribution < 1.29 is 14.3 Å². The van der Waals surface area contributed by atoms with Gasteiger partial charge >= 0.3 is 0 Å². The van der Waals surface area contributed by atoms with Crippen LogP contribution in [0.5, 0.6) is 11.5 Å². The van der Waals surface area contributed by atoms with Crippen LogP contribution in [0.2, 0.25) is 0 Å². The first-order valence-corrected chi connectivity index (χ1v) is 9.26. The van der Waals surface area contributed by atoms with Crippen LogP contribution in [0.25, 0.3) is 5.65 Å². The summed E-state index contributed by atoms with van der Waals surface area (Å²) >= 11 is 0. The largest absolute Gasteiger partial charge is 0.454 e. The van der Waals surface area contributed by atoms with Crippen molar-refractivity contribution in [1.29, 1.82) is 0 Å². The lowest BCUT2D eigenvalue weighted by atomic mass is 9.92. The summed E-state index contributed by atoms with van der Waals surface area (Å²) < 4.78 is 13.1. The summed E-state index contributed by atoms with van der Waals surface area (Å²) in [5.74, 6) is 1.36. The lowest BCUT2D eigenvalue weighted by molar-refractivity contribution is -0.121. The van der Waals surface area contributed by atoms with E-state index in [-0.39, 0.29) is 18.6 Å². The molecule has 3 heterocycles. The molecule has 140 valence electrons. The number of aromatic nitrogens is 2. The van der Waals surface area contributed by atoms with Crippen LogP contribution >= 0.6 is 0 Å². The highest BCUT2D eigenvalue weighted by atomic mass is 16.7. The number of nitrogens with zero attached hydrogens (tertiary/aromatic N) is 2. The van der Waals surface area contributed by atoms with Gasteiger partial charge in [-0.2, -0.15) is 0 Å². The molecule has 6 heteroatoms. The van der Waals surface area contributed by atoms with Gasteiger partial charge in [-0.3, -0.25) is 4.79 Å². The molecule has 1 N–H and O–H groups in total. The second kappa shape index (κ2) is 7.31. The average molecular weight is 365 g/mol. The molecule has 27 heavy (non-hydrogen) atoms. The van der Waals surface area contributed by atoms with E-state index >= 15 is 0 Å². The number of carbonyl (C=O) groups is 1. The van der Waals surface area contributed by atoms with Crippen LogP contribution in [0.3, 0.4) is 0 Å². The topological polar surface area (TPSA) is 64.9 Å². The average Bonchev–Trinajstić information content (AvgIpc) is 3.31. The number of carbonyl (C=O) groups excluding carboxylic acids is 1. The molecule has 0 radical (unpaired) electrons. The van der Waals surface area contributed by atoms with E-state index in [0.717, 1.165) is 40.5 Å². The third-order valence-electron chi connectivity index (χ3n) is 4.87. The van der Waals surface area contributed by atoms with Crippen molar-refractivity contribution in [3.05, 3.63) is 59.5 Å². The maximum absolute atomic E-state index is 12.5. The summed E-state index contributed by atoms with van der Waals surface area (Å²) in [5.41, 5.74) is 3.97. The minimum Gasteiger partial charge on any atom is -0.454 e. The first-order chi connectivity index (χ1) is 13.2. The fraction of sp³-hybridized carbons (Fsp3) is 0.333. The highest BCUT2D eigenvalue weighted by molar-refractivity contribution is 5.77. The summed E-state index contributed by atoms with van der Waals surface area (Å²) in [6, 6.07) is 11.9. The Morgan fingerprint density at radius 1 is 1.26 bits per heavy atom. The van der Waals surface area contributed by atoms with Crippen LogP contribution < -0.4 is 14.8 Å². The van der Waals surface area contributed by atoms with Gasteiger partial charge in [0.05, 0.1) is 5.69 Å². The molecule has 0 aliphatic carbocycles. The molecule has 0 bridgehead atoms. The van der Waals surface area contributed by atoms with Crippen LogP contribution in [0.15, 0.2) is 42.6 Å². The van der Waals surface area contributed by atoms with Crippen LogP contribution in [0.4, 0.5) is 0 Å². The zero-order valence-corrected chi connectivity index (χ0v) is 15.6. The van der Waals surface area contributed by atoms with Crippen LogP contribution in [-0.2, 0) is 4.79 Å². The molecule has 0 saturated carbocycles. The number of benzene rings is 1. The molecule has 1 unspecified atom stereocenters. The molecule has 1 aliphatic rings. The fourth-order valence-electron chi connectivity index (χ4n) is 3.52. The molecule has 0 saturated heterocycles. The Bertz CT molecular complexity index is 980. The van der Waals surface area contributed by atoms with Crippen LogP contribution in [0.1, 0.15) is 42.6 Å². The van der Waals surface area contributed by atoms with Crippen molar-refractivity contribution >= 4 is 11.6 Å². The van der Waals surface area contributed by atoms with E-state index in [0.29, 0.717) is 13.0 Å². The van der Waals surface area contributed by atoms with Crippen molar-refractivity contribution in [3.8, 4) is 11.5 Å². The second-order valence-electron chi connectivity index (χ2n) is 6.76. The number of imidazole rings is 1. The predicted molar refractivity (Wildman–Crippen MR) is 102 cm³/mol. The quantitative estimate of drug-likeness (QED) is 0.727. The molecule has 0 fully saturated rings. The number of nitrogens with one attached hydrogen (secondary N) is 1. The van der Waals surface area contributed by atoms with Gasteiger partial charge in [0, 0.05) is 30.8 Å². The minimum absolute atomic E-state index is 0.0306. The van der Waals surface area contributed by atoms with Crippen molar-refractivity contribution in [1.82, 2.24) is 14.7 Å². The molecule has 4 rings (SSSR count). The van der Waals surface area contributed by atoms with Crippen molar-refractivity contribution in [3.63, 3.8) is 0 Å². The van der Waals surface area contributed by atoms with Gasteiger partial charge in [-0.05, 0) is 43.2 Å². The first-order valence-electron chi connectivity index (χ1n) is 9.26. The van der Waals surface area contributed by atoms with Crippen molar-refractivity contribution in [2.24, 2.45) is 0 Å². The second-order valence-corrected chi connectivity index (χ2v) is 6.76. The molecule has 1 aliphatic heterocycles. The predicted octanol–water partition coefficient (Wildman–Crippen LogP) is 3.42. The fourth-order valence-corrected chi connectivity index (χ4v) is 3.52. The van der Waals surface area contributed by atoms with Gasteiger partial charge in [-0.25, -0.2) is 4.98 Å². The Hall–Kier alpha value is -3.02. The standard InChI is InChI=1S/C21H23N3O3/c1-3-9-22-21(25)11-16(15-7-8-18-19(10-15)27-13-26-18)17-12-23-20-6-4-5-14(2)24(17)20/h4-8,10,12,16H,3,9,11,13H2,1-2H3,(H,22,25). The SMILES string of the molecule is CCCNC(=O)CC(c1ccc2c(c1)OCO2)c1cnc2cccc(C)n12. The molecular formula is C21H23N3O3.